The van der Waals surface area contributed by atoms with Crippen LogP contribution < -0.4 is 5.56 Å². The lowest BCUT2D eigenvalue weighted by Gasteiger charge is -2.28. The van der Waals surface area contributed by atoms with Crippen LogP contribution in [0.25, 0.3) is 0 Å². The number of hydrogen-bond acceptors (Lipinski definition) is 4. The lowest BCUT2D eigenvalue weighted by molar-refractivity contribution is 0.0519. The zero-order valence-electron chi connectivity index (χ0n) is 12.0. The van der Waals surface area contributed by atoms with Crippen molar-refractivity contribution in [3.8, 4) is 0 Å². The van der Waals surface area contributed by atoms with E-state index in [9.17, 15) is 14.7 Å². The monoisotopic (exact) mass is 280 g/mol. The molecule has 0 spiro atoms. The fraction of sp³-hybridized carbons (Fsp3) is 0.571. The first-order valence-electron chi connectivity index (χ1n) is 6.73. The highest BCUT2D eigenvalue weighted by molar-refractivity contribution is 5.94. The zero-order valence-corrected chi connectivity index (χ0v) is 12.0. The Morgan fingerprint density at radius 2 is 2.20 bits per heavy atom. The fourth-order valence-electron chi connectivity index (χ4n) is 2.40. The van der Waals surface area contributed by atoms with Crippen molar-refractivity contribution in [2.75, 3.05) is 19.8 Å². The molecule has 0 unspecified atom stereocenters. The number of amides is 1. The summed E-state index contributed by atoms with van der Waals surface area (Å²) in [6.45, 7) is 6.37. The number of nitrogens with one attached hydrogen (secondary N) is 1. The van der Waals surface area contributed by atoms with Gasteiger partial charge < -0.3 is 19.7 Å². The van der Waals surface area contributed by atoms with Crippen molar-refractivity contribution in [1.29, 1.82) is 0 Å². The molecule has 2 N–H and O–H groups in total. The van der Waals surface area contributed by atoms with Gasteiger partial charge in [0.15, 0.2) is 0 Å². The summed E-state index contributed by atoms with van der Waals surface area (Å²) >= 11 is 0. The Hall–Kier alpha value is -1.66. The van der Waals surface area contributed by atoms with Crippen molar-refractivity contribution in [1.82, 2.24) is 9.88 Å². The third-order valence-electron chi connectivity index (χ3n) is 3.75. The summed E-state index contributed by atoms with van der Waals surface area (Å²) in [6.07, 6.45) is -0.704. The van der Waals surface area contributed by atoms with Gasteiger partial charge in [-0.3, -0.25) is 9.59 Å². The highest BCUT2D eigenvalue weighted by atomic mass is 16.5. The highest BCUT2D eigenvalue weighted by Gasteiger charge is 2.34. The van der Waals surface area contributed by atoms with Gasteiger partial charge in [-0.25, -0.2) is 0 Å². The van der Waals surface area contributed by atoms with E-state index in [1.165, 1.54) is 4.90 Å². The van der Waals surface area contributed by atoms with Gasteiger partial charge in [0.1, 0.15) is 5.56 Å². The van der Waals surface area contributed by atoms with E-state index in [2.05, 4.69) is 4.98 Å². The first-order valence-corrected chi connectivity index (χ1v) is 6.73. The quantitative estimate of drug-likeness (QED) is 0.829. The number of aromatic nitrogens is 1. The number of ether oxygens (including phenoxy) is 1. The predicted molar refractivity (Wildman–Crippen MR) is 73.9 cm³/mol. The van der Waals surface area contributed by atoms with Crippen LogP contribution in [0.4, 0.5) is 0 Å². The maximum atomic E-state index is 12.5. The van der Waals surface area contributed by atoms with Crippen molar-refractivity contribution in [3.63, 3.8) is 0 Å². The van der Waals surface area contributed by atoms with Gasteiger partial charge in [-0.1, -0.05) is 0 Å². The summed E-state index contributed by atoms with van der Waals surface area (Å²) in [5.74, 6) is -0.369. The average Bonchev–Trinajstić information content (AvgIpc) is 2.81. The lowest BCUT2D eigenvalue weighted by Crippen LogP contribution is -2.47. The van der Waals surface area contributed by atoms with Crippen LogP contribution in [0.5, 0.6) is 0 Å². The Balaban J connectivity index is 2.34. The fourth-order valence-corrected chi connectivity index (χ4v) is 2.40. The molecule has 1 aliphatic heterocycles. The molecule has 0 aromatic carbocycles. The number of pyridine rings is 1. The SMILES string of the molecule is CCN(C(=O)c1cc(C)c(C)[nH]c1=O)[C@@H]1COC[C@H]1O. The van der Waals surface area contributed by atoms with Crippen LogP contribution in [-0.2, 0) is 4.74 Å². The number of nitrogens with zero attached hydrogens (tertiary/aromatic N) is 1. The van der Waals surface area contributed by atoms with Crippen LogP contribution >= 0.6 is 0 Å². The molecular formula is C14H20N2O4. The number of likely N-dealkylation sites (N-methyl/N-ethyl adjacent to an activating group) is 1. The number of aromatic amines is 1. The highest BCUT2D eigenvalue weighted by Crippen LogP contribution is 2.16. The number of aliphatic hydroxyl groups excluding tert-OH is 1. The minimum absolute atomic E-state index is 0.106. The topological polar surface area (TPSA) is 82.6 Å². The Kier molecular flexibility index (Phi) is 4.25. The normalized spacial score (nSPS) is 22.0. The molecule has 0 aliphatic carbocycles. The second-order valence-electron chi connectivity index (χ2n) is 5.08. The van der Waals surface area contributed by atoms with E-state index in [1.54, 1.807) is 13.0 Å². The number of rotatable bonds is 3. The third kappa shape index (κ3) is 2.62. The zero-order chi connectivity index (χ0) is 14.9. The molecule has 6 heteroatoms. The Morgan fingerprint density at radius 3 is 2.75 bits per heavy atom. The van der Waals surface area contributed by atoms with Gasteiger partial charge in [0, 0.05) is 12.2 Å². The summed E-state index contributed by atoms with van der Waals surface area (Å²) in [5.41, 5.74) is 1.31. The van der Waals surface area contributed by atoms with Gasteiger partial charge in [0.2, 0.25) is 0 Å². The first-order chi connectivity index (χ1) is 9.45. The summed E-state index contributed by atoms with van der Waals surface area (Å²) in [4.78, 5) is 28.7. The maximum absolute atomic E-state index is 12.5. The van der Waals surface area contributed by atoms with Crippen molar-refractivity contribution in [2.24, 2.45) is 0 Å². The van der Waals surface area contributed by atoms with Crippen molar-refractivity contribution < 1.29 is 14.6 Å². The van der Waals surface area contributed by atoms with Gasteiger partial charge in [0.25, 0.3) is 11.5 Å². The largest absolute Gasteiger partial charge is 0.388 e. The minimum Gasteiger partial charge on any atom is -0.388 e. The standard InChI is InChI=1S/C14H20N2O4/c1-4-16(11-6-20-7-12(11)17)14(19)10-5-8(2)9(3)15-13(10)18/h5,11-12,17H,4,6-7H2,1-3H3,(H,15,18)/t11-,12-/m1/s1. The Morgan fingerprint density at radius 1 is 1.50 bits per heavy atom. The van der Waals surface area contributed by atoms with Crippen LogP contribution in [0, 0.1) is 13.8 Å². The molecule has 1 amide bonds. The molecule has 1 aliphatic rings. The first kappa shape index (κ1) is 14.7. The van der Waals surface area contributed by atoms with E-state index in [4.69, 9.17) is 4.74 Å². The van der Waals surface area contributed by atoms with E-state index in [1.807, 2.05) is 13.8 Å². The van der Waals surface area contributed by atoms with Crippen molar-refractivity contribution in [2.45, 2.75) is 32.9 Å². The van der Waals surface area contributed by atoms with E-state index < -0.39 is 17.7 Å². The number of aliphatic hydroxyl groups is 1. The van der Waals surface area contributed by atoms with Crippen molar-refractivity contribution >= 4 is 5.91 Å². The molecule has 1 saturated heterocycles. The van der Waals surface area contributed by atoms with Gasteiger partial charge >= 0.3 is 0 Å². The molecular weight excluding hydrogens is 260 g/mol. The molecule has 2 atom stereocenters. The molecule has 0 radical (unpaired) electrons. The van der Waals surface area contributed by atoms with E-state index in [0.29, 0.717) is 13.2 Å². The summed E-state index contributed by atoms with van der Waals surface area (Å²) < 4.78 is 5.18. The molecule has 1 aromatic rings. The van der Waals surface area contributed by atoms with E-state index in [0.717, 1.165) is 11.3 Å². The molecule has 20 heavy (non-hydrogen) atoms. The molecule has 0 bridgehead atoms. The molecule has 1 fully saturated rings. The summed E-state index contributed by atoms with van der Waals surface area (Å²) in [5, 5.41) is 9.85. The van der Waals surface area contributed by atoms with Crippen LogP contribution in [0.2, 0.25) is 0 Å². The van der Waals surface area contributed by atoms with Gasteiger partial charge in [-0.05, 0) is 32.4 Å². The number of hydrogen-bond donors (Lipinski definition) is 2. The van der Waals surface area contributed by atoms with Crippen molar-refractivity contribution in [3.05, 3.63) is 33.2 Å². The third-order valence-corrected chi connectivity index (χ3v) is 3.75. The number of carbonyl (C=O) groups excluding carboxylic acids is 1. The summed E-state index contributed by atoms with van der Waals surface area (Å²) in [6, 6.07) is 1.20. The molecule has 2 rings (SSSR count). The molecule has 110 valence electrons. The second-order valence-corrected chi connectivity index (χ2v) is 5.08. The molecule has 0 saturated carbocycles. The number of carbonyl (C=O) groups is 1. The minimum atomic E-state index is -0.704. The van der Waals surface area contributed by atoms with Gasteiger partial charge in [0.05, 0.1) is 25.4 Å². The summed E-state index contributed by atoms with van der Waals surface area (Å²) in [7, 11) is 0. The van der Waals surface area contributed by atoms with E-state index >= 15 is 0 Å². The van der Waals surface area contributed by atoms with Gasteiger partial charge in [-0.15, -0.1) is 0 Å². The van der Waals surface area contributed by atoms with Crippen LogP contribution in [-0.4, -0.2) is 52.8 Å². The maximum Gasteiger partial charge on any atom is 0.261 e. The molecule has 6 nitrogen and oxygen atoms in total. The Labute approximate surface area is 117 Å². The Bertz CT molecular complexity index is 567. The van der Waals surface area contributed by atoms with E-state index in [-0.39, 0.29) is 18.1 Å². The smallest absolute Gasteiger partial charge is 0.261 e. The second kappa shape index (κ2) is 5.76. The number of aryl methyl sites for hydroxylation is 2. The molecule has 1 aromatic heterocycles. The number of H-pyrrole nitrogens is 1. The van der Waals surface area contributed by atoms with Crippen LogP contribution in [0.1, 0.15) is 28.5 Å². The van der Waals surface area contributed by atoms with Crippen LogP contribution in [0.3, 0.4) is 0 Å². The average molecular weight is 280 g/mol. The van der Waals surface area contributed by atoms with Gasteiger partial charge in [-0.2, -0.15) is 0 Å². The molecule has 2 heterocycles. The predicted octanol–water partition coefficient (Wildman–Crippen LogP) is 0.214. The van der Waals surface area contributed by atoms with Crippen LogP contribution in [0.15, 0.2) is 10.9 Å². The lowest BCUT2D eigenvalue weighted by atomic mass is 10.1.